The van der Waals surface area contributed by atoms with Crippen molar-refractivity contribution >= 4 is 10.9 Å². The number of ether oxygens (including phenoxy) is 2. The molecule has 1 aliphatic rings. The molecule has 27 heavy (non-hydrogen) atoms. The zero-order valence-electron chi connectivity index (χ0n) is 15.1. The first-order valence-electron chi connectivity index (χ1n) is 8.79. The molecule has 2 aromatic carbocycles. The molecule has 134 valence electrons. The molecule has 0 spiro atoms. The summed E-state index contributed by atoms with van der Waals surface area (Å²) in [5, 5.41) is 5.64. The highest BCUT2D eigenvalue weighted by Gasteiger charge is 2.21. The topological polar surface area (TPSA) is 62.1 Å². The number of aryl methyl sites for hydroxylation is 1. The largest absolute Gasteiger partial charge is 0.497 e. The summed E-state index contributed by atoms with van der Waals surface area (Å²) in [4.78, 5) is 8.85. The zero-order chi connectivity index (χ0) is 18.4. The molecule has 0 saturated heterocycles. The Kier molecular flexibility index (Phi) is 3.57. The van der Waals surface area contributed by atoms with Crippen LogP contribution < -0.4 is 9.47 Å². The van der Waals surface area contributed by atoms with Crippen molar-refractivity contribution in [2.24, 2.45) is 0 Å². The lowest BCUT2D eigenvalue weighted by Crippen LogP contribution is -2.09. The van der Waals surface area contributed by atoms with Gasteiger partial charge in [0.1, 0.15) is 23.9 Å². The van der Waals surface area contributed by atoms with Gasteiger partial charge in [-0.3, -0.25) is 4.68 Å². The van der Waals surface area contributed by atoms with E-state index < -0.39 is 0 Å². The summed E-state index contributed by atoms with van der Waals surface area (Å²) in [6.45, 7) is 3.04. The van der Waals surface area contributed by atoms with Crippen molar-refractivity contribution in [2.75, 3.05) is 7.11 Å². The minimum atomic E-state index is 0.462. The number of hydrogen-bond donors (Lipinski definition) is 0. The summed E-state index contributed by atoms with van der Waals surface area (Å²) in [5.74, 6) is 2.45. The summed E-state index contributed by atoms with van der Waals surface area (Å²) in [7, 11) is 1.67. The maximum Gasteiger partial charge on any atom is 0.131 e. The molecule has 5 rings (SSSR count). The van der Waals surface area contributed by atoms with E-state index in [2.05, 4.69) is 39.3 Å². The second-order valence-corrected chi connectivity index (χ2v) is 6.62. The molecule has 0 bridgehead atoms. The van der Waals surface area contributed by atoms with Crippen molar-refractivity contribution in [3.63, 3.8) is 0 Å². The Morgan fingerprint density at radius 1 is 1.11 bits per heavy atom. The number of fused-ring (bicyclic) bond motifs is 4. The van der Waals surface area contributed by atoms with Gasteiger partial charge in [-0.1, -0.05) is 12.1 Å². The van der Waals surface area contributed by atoms with Crippen LogP contribution in [0.3, 0.4) is 0 Å². The Morgan fingerprint density at radius 3 is 2.78 bits per heavy atom. The number of benzene rings is 2. The van der Waals surface area contributed by atoms with Crippen LogP contribution in [0.25, 0.3) is 22.0 Å². The van der Waals surface area contributed by atoms with Crippen LogP contribution >= 0.6 is 0 Å². The van der Waals surface area contributed by atoms with Crippen molar-refractivity contribution in [3.8, 4) is 22.6 Å². The second-order valence-electron chi connectivity index (χ2n) is 6.62. The van der Waals surface area contributed by atoms with E-state index in [4.69, 9.17) is 9.47 Å². The highest BCUT2D eigenvalue weighted by Crippen LogP contribution is 2.39. The van der Waals surface area contributed by atoms with E-state index in [9.17, 15) is 0 Å². The molecule has 2 aromatic heterocycles. The fraction of sp³-hybridized carbons (Fsp3) is 0.190. The van der Waals surface area contributed by atoms with Gasteiger partial charge in [-0.15, -0.1) is 0 Å². The molecule has 0 aliphatic carbocycles. The number of methoxy groups -OCH3 is 1. The van der Waals surface area contributed by atoms with Gasteiger partial charge in [-0.2, -0.15) is 5.10 Å². The third kappa shape index (κ3) is 2.70. The van der Waals surface area contributed by atoms with Crippen molar-refractivity contribution in [3.05, 3.63) is 65.9 Å². The van der Waals surface area contributed by atoms with Crippen LogP contribution in [0, 0.1) is 6.92 Å². The van der Waals surface area contributed by atoms with Gasteiger partial charge < -0.3 is 9.47 Å². The first-order valence-corrected chi connectivity index (χ1v) is 8.79. The van der Waals surface area contributed by atoms with Crippen LogP contribution in [0.5, 0.6) is 11.5 Å². The Morgan fingerprint density at radius 2 is 1.96 bits per heavy atom. The predicted octanol–water partition coefficient (Wildman–Crippen LogP) is 3.75. The third-order valence-electron chi connectivity index (χ3n) is 4.88. The van der Waals surface area contributed by atoms with Gasteiger partial charge in [0.05, 0.1) is 31.1 Å². The molecule has 4 aromatic rings. The summed E-state index contributed by atoms with van der Waals surface area (Å²) in [5.41, 5.74) is 5.19. The first kappa shape index (κ1) is 15.8. The lowest BCUT2D eigenvalue weighted by molar-refractivity contribution is 0.297. The molecule has 0 N–H and O–H groups in total. The molecule has 6 heteroatoms. The normalized spacial score (nSPS) is 12.4. The van der Waals surface area contributed by atoms with Gasteiger partial charge in [0, 0.05) is 28.8 Å². The van der Waals surface area contributed by atoms with Crippen LogP contribution in [0.4, 0.5) is 0 Å². The highest BCUT2D eigenvalue weighted by molar-refractivity contribution is 5.89. The summed E-state index contributed by atoms with van der Waals surface area (Å²) in [6, 6.07) is 12.2. The van der Waals surface area contributed by atoms with Gasteiger partial charge in [-0.25, -0.2) is 9.97 Å². The molecule has 6 nitrogen and oxygen atoms in total. The number of hydrogen-bond acceptors (Lipinski definition) is 5. The van der Waals surface area contributed by atoms with Gasteiger partial charge in [0.2, 0.25) is 0 Å². The predicted molar refractivity (Wildman–Crippen MR) is 102 cm³/mol. The molecule has 0 fully saturated rings. The summed E-state index contributed by atoms with van der Waals surface area (Å²) in [6.07, 6.45) is 3.77. The summed E-state index contributed by atoms with van der Waals surface area (Å²) >= 11 is 0. The Bertz CT molecular complexity index is 1150. The minimum Gasteiger partial charge on any atom is -0.497 e. The average Bonchev–Trinajstić information content (AvgIpc) is 3.08. The first-order chi connectivity index (χ1) is 13.2. The van der Waals surface area contributed by atoms with Crippen LogP contribution in [-0.4, -0.2) is 26.9 Å². The van der Waals surface area contributed by atoms with Crippen LogP contribution in [0.1, 0.15) is 17.1 Å². The maximum absolute atomic E-state index is 5.97. The quantitative estimate of drug-likeness (QED) is 0.558. The molecular formula is C21H18N4O2. The molecule has 0 amide bonds. The SMILES string of the molecule is COc1ccc(Cn2ncc3cc4c(cc32)OCc2nc(C)ncc2-4)cc1. The number of nitrogens with zero attached hydrogens (tertiary/aromatic N) is 4. The second kappa shape index (κ2) is 6.09. The standard InChI is InChI=1S/C21H18N4O2/c1-13-22-10-18-17-7-15-9-23-25(11-14-3-5-16(26-2)6-4-14)20(15)8-21(17)27-12-19(18)24-13/h3-10H,11-12H2,1-2H3. The molecule has 0 saturated carbocycles. The number of aromatic nitrogens is 4. The third-order valence-corrected chi connectivity index (χ3v) is 4.88. The Labute approximate surface area is 156 Å². The fourth-order valence-corrected chi connectivity index (χ4v) is 3.46. The van der Waals surface area contributed by atoms with Gasteiger partial charge in [0.25, 0.3) is 0 Å². The number of rotatable bonds is 3. The van der Waals surface area contributed by atoms with E-state index in [1.165, 1.54) is 0 Å². The smallest absolute Gasteiger partial charge is 0.131 e. The van der Waals surface area contributed by atoms with Crippen LogP contribution in [-0.2, 0) is 13.2 Å². The lowest BCUT2D eigenvalue weighted by atomic mass is 10.0. The lowest BCUT2D eigenvalue weighted by Gasteiger charge is -2.20. The van der Waals surface area contributed by atoms with E-state index >= 15 is 0 Å². The van der Waals surface area contributed by atoms with Gasteiger partial charge in [-0.05, 0) is 30.7 Å². The molecule has 1 aliphatic heterocycles. The van der Waals surface area contributed by atoms with Crippen molar-refractivity contribution < 1.29 is 9.47 Å². The average molecular weight is 358 g/mol. The van der Waals surface area contributed by atoms with Crippen molar-refractivity contribution in [2.45, 2.75) is 20.1 Å². The molecule has 3 heterocycles. The van der Waals surface area contributed by atoms with E-state index in [1.807, 2.05) is 36.1 Å². The molecule has 0 radical (unpaired) electrons. The minimum absolute atomic E-state index is 0.462. The van der Waals surface area contributed by atoms with Gasteiger partial charge >= 0.3 is 0 Å². The van der Waals surface area contributed by atoms with Gasteiger partial charge in [0.15, 0.2) is 0 Å². The van der Waals surface area contributed by atoms with E-state index in [1.54, 1.807) is 7.11 Å². The fourth-order valence-electron chi connectivity index (χ4n) is 3.46. The van der Waals surface area contributed by atoms with E-state index in [0.29, 0.717) is 13.2 Å². The molecule has 0 unspecified atom stereocenters. The van der Waals surface area contributed by atoms with Crippen molar-refractivity contribution in [1.29, 1.82) is 0 Å². The highest BCUT2D eigenvalue weighted by atomic mass is 16.5. The monoisotopic (exact) mass is 358 g/mol. The van der Waals surface area contributed by atoms with Crippen LogP contribution in [0.2, 0.25) is 0 Å². The Hall–Kier alpha value is -3.41. The van der Waals surface area contributed by atoms with E-state index in [0.717, 1.165) is 50.6 Å². The Balaban J connectivity index is 1.55. The zero-order valence-corrected chi connectivity index (χ0v) is 15.1. The molecular weight excluding hydrogens is 340 g/mol. The molecule has 0 atom stereocenters. The maximum atomic E-state index is 5.97. The van der Waals surface area contributed by atoms with Crippen LogP contribution in [0.15, 0.2) is 48.8 Å². The van der Waals surface area contributed by atoms with E-state index in [-0.39, 0.29) is 0 Å². The summed E-state index contributed by atoms with van der Waals surface area (Å²) < 4.78 is 13.2. The van der Waals surface area contributed by atoms with Crippen molar-refractivity contribution in [1.82, 2.24) is 19.7 Å².